The molecular formula is C11H22N2O5S. The lowest BCUT2D eigenvalue weighted by atomic mass is 10.0. The van der Waals surface area contributed by atoms with E-state index in [1.54, 1.807) is 0 Å². The summed E-state index contributed by atoms with van der Waals surface area (Å²) in [5.74, 6) is -0.650. The van der Waals surface area contributed by atoms with Gasteiger partial charge in [0, 0.05) is 26.7 Å². The van der Waals surface area contributed by atoms with Gasteiger partial charge in [0.05, 0.1) is 6.61 Å². The van der Waals surface area contributed by atoms with Crippen molar-refractivity contribution in [2.75, 3.05) is 39.9 Å². The summed E-state index contributed by atoms with van der Waals surface area (Å²) < 4.78 is 31.9. The molecule has 0 aliphatic carbocycles. The Kier molecular flexibility index (Phi) is 6.18. The third kappa shape index (κ3) is 4.72. The summed E-state index contributed by atoms with van der Waals surface area (Å²) in [5, 5.41) is 8.82. The number of ether oxygens (including phenoxy) is 1. The molecule has 0 amide bonds. The normalized spacial score (nSPS) is 18.9. The molecule has 0 aromatic rings. The molecule has 1 aliphatic heterocycles. The Morgan fingerprint density at radius 2 is 2.00 bits per heavy atom. The fourth-order valence-electron chi connectivity index (χ4n) is 2.00. The maximum atomic E-state index is 12.4. The molecule has 0 unspecified atom stereocenters. The first kappa shape index (κ1) is 16.4. The molecular weight excluding hydrogens is 272 g/mol. The van der Waals surface area contributed by atoms with E-state index in [0.29, 0.717) is 19.0 Å². The van der Waals surface area contributed by atoms with Crippen LogP contribution in [-0.4, -0.2) is 68.0 Å². The van der Waals surface area contributed by atoms with Crippen LogP contribution in [0.4, 0.5) is 0 Å². The van der Waals surface area contributed by atoms with Crippen LogP contribution in [0.25, 0.3) is 0 Å². The first-order chi connectivity index (χ1) is 8.87. The SMILES string of the molecule is COCCN(CC(=O)O)S(=O)(=O)N1CCC(C)CC1. The Balaban J connectivity index is 2.76. The van der Waals surface area contributed by atoms with E-state index in [1.807, 2.05) is 0 Å². The molecule has 8 heteroatoms. The molecule has 0 atom stereocenters. The maximum Gasteiger partial charge on any atom is 0.318 e. The van der Waals surface area contributed by atoms with Gasteiger partial charge < -0.3 is 9.84 Å². The fourth-order valence-corrected chi connectivity index (χ4v) is 3.58. The summed E-state index contributed by atoms with van der Waals surface area (Å²) in [6.45, 7) is 2.69. The molecule has 0 bridgehead atoms. The smallest absolute Gasteiger partial charge is 0.318 e. The van der Waals surface area contributed by atoms with Crippen molar-refractivity contribution in [3.8, 4) is 0 Å². The number of rotatable bonds is 7. The third-order valence-corrected chi connectivity index (χ3v) is 5.23. The lowest BCUT2D eigenvalue weighted by Gasteiger charge is -2.33. The summed E-state index contributed by atoms with van der Waals surface area (Å²) in [6, 6.07) is 0. The highest BCUT2D eigenvalue weighted by molar-refractivity contribution is 7.86. The van der Waals surface area contributed by atoms with Crippen LogP contribution in [0.15, 0.2) is 0 Å². The average Bonchev–Trinajstić information content (AvgIpc) is 2.34. The van der Waals surface area contributed by atoms with E-state index < -0.39 is 22.7 Å². The van der Waals surface area contributed by atoms with Crippen molar-refractivity contribution in [1.29, 1.82) is 0 Å². The lowest BCUT2D eigenvalue weighted by Crippen LogP contribution is -2.49. The number of hydrogen-bond donors (Lipinski definition) is 1. The van der Waals surface area contributed by atoms with Gasteiger partial charge in [0.25, 0.3) is 10.2 Å². The van der Waals surface area contributed by atoms with E-state index in [-0.39, 0.29) is 13.2 Å². The number of nitrogens with zero attached hydrogens (tertiary/aromatic N) is 2. The van der Waals surface area contributed by atoms with Gasteiger partial charge in [-0.25, -0.2) is 0 Å². The molecule has 0 aromatic heterocycles. The zero-order valence-corrected chi connectivity index (χ0v) is 12.2. The second kappa shape index (κ2) is 7.18. The van der Waals surface area contributed by atoms with E-state index in [4.69, 9.17) is 9.84 Å². The van der Waals surface area contributed by atoms with Gasteiger partial charge in [-0.05, 0) is 18.8 Å². The molecule has 0 spiro atoms. The number of carboxylic acids is 1. The monoisotopic (exact) mass is 294 g/mol. The van der Waals surface area contributed by atoms with Gasteiger partial charge in [0.2, 0.25) is 0 Å². The topological polar surface area (TPSA) is 87.1 Å². The van der Waals surface area contributed by atoms with Gasteiger partial charge in [-0.2, -0.15) is 17.0 Å². The first-order valence-corrected chi connectivity index (χ1v) is 7.73. The van der Waals surface area contributed by atoms with E-state index in [9.17, 15) is 13.2 Å². The second-order valence-corrected chi connectivity index (χ2v) is 6.74. The maximum absolute atomic E-state index is 12.4. The molecule has 1 rings (SSSR count). The number of carbonyl (C=O) groups is 1. The Bertz CT molecular complexity index is 390. The van der Waals surface area contributed by atoms with Gasteiger partial charge in [-0.3, -0.25) is 4.79 Å². The predicted molar refractivity (Wildman–Crippen MR) is 70.0 cm³/mol. The van der Waals surface area contributed by atoms with Crippen molar-refractivity contribution in [1.82, 2.24) is 8.61 Å². The highest BCUT2D eigenvalue weighted by Crippen LogP contribution is 2.20. The second-order valence-electron chi connectivity index (χ2n) is 4.81. The van der Waals surface area contributed by atoms with Crippen LogP contribution in [0.1, 0.15) is 19.8 Å². The van der Waals surface area contributed by atoms with Crippen molar-refractivity contribution < 1.29 is 23.1 Å². The van der Waals surface area contributed by atoms with E-state index in [0.717, 1.165) is 17.1 Å². The minimum absolute atomic E-state index is 0.0528. The summed E-state index contributed by atoms with van der Waals surface area (Å²) in [7, 11) is -2.26. The van der Waals surface area contributed by atoms with Gasteiger partial charge in [0.15, 0.2) is 0 Å². The van der Waals surface area contributed by atoms with Crippen molar-refractivity contribution in [3.05, 3.63) is 0 Å². The minimum atomic E-state index is -3.71. The molecule has 7 nitrogen and oxygen atoms in total. The van der Waals surface area contributed by atoms with Crippen LogP contribution in [0.5, 0.6) is 0 Å². The number of hydrogen-bond acceptors (Lipinski definition) is 4. The number of piperidine rings is 1. The van der Waals surface area contributed by atoms with E-state index in [1.165, 1.54) is 11.4 Å². The van der Waals surface area contributed by atoms with Crippen LogP contribution >= 0.6 is 0 Å². The zero-order chi connectivity index (χ0) is 14.5. The van der Waals surface area contributed by atoms with E-state index >= 15 is 0 Å². The van der Waals surface area contributed by atoms with Crippen molar-refractivity contribution in [2.45, 2.75) is 19.8 Å². The molecule has 112 valence electrons. The van der Waals surface area contributed by atoms with Crippen molar-refractivity contribution in [3.63, 3.8) is 0 Å². The molecule has 1 aliphatic rings. The highest BCUT2D eigenvalue weighted by Gasteiger charge is 2.32. The van der Waals surface area contributed by atoms with Crippen molar-refractivity contribution in [2.24, 2.45) is 5.92 Å². The number of carboxylic acid groups (broad SMARTS) is 1. The van der Waals surface area contributed by atoms with Gasteiger partial charge in [-0.15, -0.1) is 0 Å². The minimum Gasteiger partial charge on any atom is -0.480 e. The molecule has 1 fully saturated rings. The standard InChI is InChI=1S/C11H22N2O5S/c1-10-3-5-12(6-4-10)19(16,17)13(7-8-18-2)9-11(14)15/h10H,3-9H2,1-2H3,(H,14,15). The summed E-state index contributed by atoms with van der Waals surface area (Å²) in [4.78, 5) is 10.8. The van der Waals surface area contributed by atoms with Gasteiger partial charge in [0.1, 0.15) is 6.54 Å². The molecule has 0 radical (unpaired) electrons. The quantitative estimate of drug-likeness (QED) is 0.714. The average molecular weight is 294 g/mol. The van der Waals surface area contributed by atoms with E-state index in [2.05, 4.69) is 6.92 Å². The molecule has 0 saturated carbocycles. The Morgan fingerprint density at radius 1 is 1.42 bits per heavy atom. The predicted octanol–water partition coefficient (Wildman–Crippen LogP) is -0.00390. The highest BCUT2D eigenvalue weighted by atomic mass is 32.2. The largest absolute Gasteiger partial charge is 0.480 e. The lowest BCUT2D eigenvalue weighted by molar-refractivity contribution is -0.137. The van der Waals surface area contributed by atoms with Crippen LogP contribution in [0, 0.1) is 5.92 Å². The molecule has 1 N–H and O–H groups in total. The zero-order valence-electron chi connectivity index (χ0n) is 11.4. The third-order valence-electron chi connectivity index (χ3n) is 3.25. The number of methoxy groups -OCH3 is 1. The Hall–Kier alpha value is -0.700. The summed E-state index contributed by atoms with van der Waals surface area (Å²) >= 11 is 0. The first-order valence-electron chi connectivity index (χ1n) is 6.34. The molecule has 0 aromatic carbocycles. The molecule has 19 heavy (non-hydrogen) atoms. The van der Waals surface area contributed by atoms with Gasteiger partial charge in [-0.1, -0.05) is 6.92 Å². The molecule has 1 saturated heterocycles. The van der Waals surface area contributed by atoms with Gasteiger partial charge >= 0.3 is 5.97 Å². The molecule has 1 heterocycles. The summed E-state index contributed by atoms with van der Waals surface area (Å²) in [6.07, 6.45) is 1.62. The van der Waals surface area contributed by atoms with Crippen LogP contribution in [0.2, 0.25) is 0 Å². The van der Waals surface area contributed by atoms with Crippen LogP contribution < -0.4 is 0 Å². The summed E-state index contributed by atoms with van der Waals surface area (Å²) in [5.41, 5.74) is 0. The Morgan fingerprint density at radius 3 is 2.47 bits per heavy atom. The number of aliphatic carboxylic acids is 1. The van der Waals surface area contributed by atoms with Crippen molar-refractivity contribution >= 4 is 16.2 Å². The van der Waals surface area contributed by atoms with Crippen LogP contribution in [-0.2, 0) is 19.7 Å². The Labute approximate surface area is 114 Å². The fraction of sp³-hybridized carbons (Fsp3) is 0.909. The van der Waals surface area contributed by atoms with Crippen LogP contribution in [0.3, 0.4) is 0 Å².